The molecule has 2 amide bonds. The van der Waals surface area contributed by atoms with Gasteiger partial charge in [0, 0.05) is 13.5 Å². The van der Waals surface area contributed by atoms with Gasteiger partial charge >= 0.3 is 5.97 Å². The van der Waals surface area contributed by atoms with Gasteiger partial charge in [-0.05, 0) is 24.3 Å². The van der Waals surface area contributed by atoms with Crippen LogP contribution in [0.15, 0.2) is 24.3 Å². The van der Waals surface area contributed by atoms with Gasteiger partial charge in [0.25, 0.3) is 11.8 Å². The molecule has 0 bridgehead atoms. The Hall–Kier alpha value is -1.82. The van der Waals surface area contributed by atoms with Crippen LogP contribution in [0.2, 0.25) is 0 Å². The summed E-state index contributed by atoms with van der Waals surface area (Å²) in [5, 5.41) is 0. The molecule has 1 heterocycles. The molecule has 0 aromatic heterocycles. The third-order valence-electron chi connectivity index (χ3n) is 2.89. The van der Waals surface area contributed by atoms with Crippen LogP contribution in [0.4, 0.5) is 0 Å². The summed E-state index contributed by atoms with van der Waals surface area (Å²) in [5.74, 6) is 0.266. The van der Waals surface area contributed by atoms with Gasteiger partial charge < -0.3 is 4.74 Å². The Balaban J connectivity index is 1.79. The van der Waals surface area contributed by atoms with E-state index in [0.717, 1.165) is 5.75 Å². The molecule has 0 N–H and O–H groups in total. The number of benzene rings is 1. The van der Waals surface area contributed by atoms with Crippen LogP contribution in [0, 0.1) is 0 Å². The van der Waals surface area contributed by atoms with E-state index < -0.39 is 0 Å². The highest BCUT2D eigenvalue weighted by Gasteiger charge is 2.34. The molecule has 6 heteroatoms. The lowest BCUT2D eigenvalue weighted by atomic mass is 10.1. The fourth-order valence-electron chi connectivity index (χ4n) is 1.95. The minimum Gasteiger partial charge on any atom is -0.455 e. The number of hydrogen-bond donors (Lipinski definition) is 0. The Morgan fingerprint density at radius 3 is 2.35 bits per heavy atom. The lowest BCUT2D eigenvalue weighted by Crippen LogP contribution is -2.31. The van der Waals surface area contributed by atoms with Crippen LogP contribution in [0.1, 0.15) is 34.1 Å². The highest BCUT2D eigenvalue weighted by molar-refractivity contribution is 7.99. The first-order chi connectivity index (χ1) is 9.61. The van der Waals surface area contributed by atoms with Crippen molar-refractivity contribution in [1.82, 2.24) is 4.90 Å². The molecule has 2 rings (SSSR count). The first-order valence-corrected chi connectivity index (χ1v) is 7.43. The Kier molecular flexibility index (Phi) is 4.79. The summed E-state index contributed by atoms with van der Waals surface area (Å²) in [6, 6.07) is 6.85. The number of carbonyl (C=O) groups excluding carboxylic acids is 3. The van der Waals surface area contributed by atoms with Crippen molar-refractivity contribution in [1.29, 1.82) is 0 Å². The molecule has 0 aliphatic carbocycles. The number of imide groups is 1. The Morgan fingerprint density at radius 2 is 1.80 bits per heavy atom. The van der Waals surface area contributed by atoms with Crippen molar-refractivity contribution >= 4 is 29.5 Å². The number of hydrogen-bond acceptors (Lipinski definition) is 5. The van der Waals surface area contributed by atoms with E-state index in [2.05, 4.69) is 0 Å². The quantitative estimate of drug-likeness (QED) is 0.347. The van der Waals surface area contributed by atoms with Gasteiger partial charge in [-0.2, -0.15) is 0 Å². The molecule has 0 saturated carbocycles. The maximum Gasteiger partial charge on any atom is 0.303 e. The predicted molar refractivity (Wildman–Crippen MR) is 75.5 cm³/mol. The SMILES string of the molecule is CC(=O)OCSCCCN1C(=O)c2ccccc2C1=O. The first-order valence-electron chi connectivity index (χ1n) is 6.27. The van der Waals surface area contributed by atoms with Gasteiger partial charge in [-0.1, -0.05) is 12.1 Å². The van der Waals surface area contributed by atoms with Crippen molar-refractivity contribution in [3.8, 4) is 0 Å². The maximum atomic E-state index is 12.0. The van der Waals surface area contributed by atoms with E-state index in [1.807, 2.05) is 0 Å². The standard InChI is InChI=1S/C14H15NO4S/c1-10(16)19-9-20-8-4-7-15-13(17)11-5-2-3-6-12(11)14(15)18/h2-3,5-6H,4,7-9H2,1H3. The van der Waals surface area contributed by atoms with E-state index in [0.29, 0.717) is 30.0 Å². The average molecular weight is 293 g/mol. The summed E-state index contributed by atoms with van der Waals surface area (Å²) in [5.41, 5.74) is 0.954. The van der Waals surface area contributed by atoms with Crippen LogP contribution < -0.4 is 0 Å². The van der Waals surface area contributed by atoms with Crippen molar-refractivity contribution in [3.05, 3.63) is 35.4 Å². The van der Waals surface area contributed by atoms with E-state index in [1.54, 1.807) is 24.3 Å². The molecule has 5 nitrogen and oxygen atoms in total. The molecule has 20 heavy (non-hydrogen) atoms. The molecule has 0 atom stereocenters. The summed E-state index contributed by atoms with van der Waals surface area (Å²) in [6.45, 7) is 1.75. The zero-order chi connectivity index (χ0) is 14.5. The molecule has 1 aliphatic heterocycles. The number of carbonyl (C=O) groups is 3. The number of rotatable bonds is 6. The van der Waals surface area contributed by atoms with Crippen molar-refractivity contribution in [2.75, 3.05) is 18.2 Å². The number of fused-ring (bicyclic) bond motifs is 1. The molecule has 0 fully saturated rings. The third-order valence-corrected chi connectivity index (χ3v) is 3.76. The monoisotopic (exact) mass is 293 g/mol. The van der Waals surface area contributed by atoms with E-state index >= 15 is 0 Å². The summed E-state index contributed by atoms with van der Waals surface area (Å²) in [6.07, 6.45) is 0.678. The summed E-state index contributed by atoms with van der Waals surface area (Å²) in [4.78, 5) is 35.9. The van der Waals surface area contributed by atoms with Crippen molar-refractivity contribution in [3.63, 3.8) is 0 Å². The molecule has 106 valence electrons. The summed E-state index contributed by atoms with van der Waals surface area (Å²) < 4.78 is 4.78. The van der Waals surface area contributed by atoms with Gasteiger partial charge in [-0.15, -0.1) is 11.8 Å². The second kappa shape index (κ2) is 6.56. The minimum atomic E-state index is -0.308. The van der Waals surface area contributed by atoms with Crippen LogP contribution in [-0.2, 0) is 9.53 Å². The van der Waals surface area contributed by atoms with E-state index in [9.17, 15) is 14.4 Å². The number of ether oxygens (including phenoxy) is 1. The van der Waals surface area contributed by atoms with Crippen molar-refractivity contribution < 1.29 is 19.1 Å². The Labute approximate surface area is 121 Å². The second-order valence-corrected chi connectivity index (χ2v) is 5.38. The fraction of sp³-hybridized carbons (Fsp3) is 0.357. The lowest BCUT2D eigenvalue weighted by Gasteiger charge is -2.13. The summed E-state index contributed by atoms with van der Waals surface area (Å²) in [7, 11) is 0. The lowest BCUT2D eigenvalue weighted by molar-refractivity contribution is -0.138. The molecule has 0 spiro atoms. The number of nitrogens with zero attached hydrogens (tertiary/aromatic N) is 1. The average Bonchev–Trinajstić information content (AvgIpc) is 2.67. The number of esters is 1. The van der Waals surface area contributed by atoms with E-state index in [1.165, 1.54) is 23.6 Å². The molecule has 0 saturated heterocycles. The highest BCUT2D eigenvalue weighted by Crippen LogP contribution is 2.22. The third kappa shape index (κ3) is 3.19. The minimum absolute atomic E-state index is 0.226. The van der Waals surface area contributed by atoms with Crippen molar-refractivity contribution in [2.24, 2.45) is 0 Å². The van der Waals surface area contributed by atoms with Gasteiger partial charge in [0.05, 0.1) is 11.1 Å². The van der Waals surface area contributed by atoms with Crippen LogP contribution in [0.3, 0.4) is 0 Å². The highest BCUT2D eigenvalue weighted by atomic mass is 32.2. The zero-order valence-corrected chi connectivity index (χ0v) is 11.9. The summed E-state index contributed by atoms with van der Waals surface area (Å²) >= 11 is 1.46. The molecule has 1 aromatic carbocycles. The van der Waals surface area contributed by atoms with Crippen molar-refractivity contribution in [2.45, 2.75) is 13.3 Å². The fourth-order valence-corrected chi connectivity index (χ4v) is 2.65. The van der Waals surface area contributed by atoms with Gasteiger partial charge in [-0.25, -0.2) is 0 Å². The molecular weight excluding hydrogens is 278 g/mol. The number of amides is 2. The largest absolute Gasteiger partial charge is 0.455 e. The zero-order valence-electron chi connectivity index (χ0n) is 11.1. The molecular formula is C14H15NO4S. The van der Waals surface area contributed by atoms with Crippen LogP contribution >= 0.6 is 11.8 Å². The molecule has 1 aromatic rings. The Bertz CT molecular complexity index is 509. The van der Waals surface area contributed by atoms with Gasteiger partial charge in [0.15, 0.2) is 0 Å². The van der Waals surface area contributed by atoms with Crippen LogP contribution in [0.5, 0.6) is 0 Å². The maximum absolute atomic E-state index is 12.0. The topological polar surface area (TPSA) is 63.7 Å². The first kappa shape index (κ1) is 14.6. The van der Waals surface area contributed by atoms with Gasteiger partial charge in [0.1, 0.15) is 5.94 Å². The van der Waals surface area contributed by atoms with Crippen LogP contribution in [0.25, 0.3) is 0 Å². The van der Waals surface area contributed by atoms with Gasteiger partial charge in [-0.3, -0.25) is 19.3 Å². The number of thioether (sulfide) groups is 1. The smallest absolute Gasteiger partial charge is 0.303 e. The second-order valence-electron chi connectivity index (χ2n) is 4.32. The van der Waals surface area contributed by atoms with Gasteiger partial charge in [0.2, 0.25) is 0 Å². The predicted octanol–water partition coefficient (Wildman–Crippen LogP) is 1.93. The molecule has 1 aliphatic rings. The normalized spacial score (nSPS) is 13.6. The van der Waals surface area contributed by atoms with E-state index in [4.69, 9.17) is 4.74 Å². The Morgan fingerprint density at radius 1 is 1.20 bits per heavy atom. The van der Waals surface area contributed by atoms with E-state index in [-0.39, 0.29) is 17.8 Å². The molecule has 0 radical (unpaired) electrons. The van der Waals surface area contributed by atoms with Crippen LogP contribution in [-0.4, -0.2) is 40.9 Å². The molecule has 0 unspecified atom stereocenters.